The van der Waals surface area contributed by atoms with Gasteiger partial charge in [-0.1, -0.05) is 110 Å². The predicted molar refractivity (Wildman–Crippen MR) is 123 cm³/mol. The molecule has 6 heteroatoms. The average molecular weight is 473 g/mol. The first kappa shape index (κ1) is 33.7. The number of rotatable bonds is 22. The number of hydrogen-bond donors (Lipinski definition) is 1. The molecule has 0 bridgehead atoms. The minimum absolute atomic E-state index is 0. The average Bonchev–Trinajstić information content (AvgIpc) is 2.67. The molecule has 0 aromatic heterocycles. The van der Waals surface area contributed by atoms with Gasteiger partial charge in [-0.05, 0) is 32.1 Å². The maximum atomic E-state index is 11.6. The summed E-state index contributed by atoms with van der Waals surface area (Å²) in [7, 11) is -4.23. The molecule has 0 spiro atoms. The van der Waals surface area contributed by atoms with Gasteiger partial charge in [0.2, 0.25) is 0 Å². The summed E-state index contributed by atoms with van der Waals surface area (Å²) in [4.78, 5) is 0. The summed E-state index contributed by atoms with van der Waals surface area (Å²) in [6.07, 6.45) is 20.5. The van der Waals surface area contributed by atoms with Crippen LogP contribution in [-0.4, -0.2) is 29.4 Å². The van der Waals surface area contributed by atoms with Crippen LogP contribution in [-0.2, 0) is 10.1 Å². The molecule has 0 radical (unpaired) electrons. The second kappa shape index (κ2) is 23.7. The molecule has 176 valence electrons. The van der Waals surface area contributed by atoms with Gasteiger partial charge < -0.3 is 9.66 Å². The quantitative estimate of drug-likeness (QED) is 0.146. The van der Waals surface area contributed by atoms with Gasteiger partial charge in [0.05, 0.1) is 16.2 Å². The Morgan fingerprint density at radius 3 is 1.37 bits per heavy atom. The molecule has 0 rings (SSSR count). The zero-order valence-electron chi connectivity index (χ0n) is 20.4. The van der Waals surface area contributed by atoms with Gasteiger partial charge in [-0.15, -0.1) is 0 Å². The summed E-state index contributed by atoms with van der Waals surface area (Å²) in [6, 6.07) is 0. The van der Waals surface area contributed by atoms with Gasteiger partial charge in [-0.25, -0.2) is 8.42 Å². The number of unbranched alkanes of at least 4 members (excludes halogenated alkanes) is 13. The molecule has 2 atom stereocenters. The van der Waals surface area contributed by atoms with Crippen molar-refractivity contribution in [2.45, 2.75) is 154 Å². The molecular formula is C24H49KO4S. The Balaban J connectivity index is 0. The zero-order valence-corrected chi connectivity index (χ0v) is 24.3. The van der Waals surface area contributed by atoms with Crippen LogP contribution in [0.4, 0.5) is 0 Å². The van der Waals surface area contributed by atoms with Crippen LogP contribution in [0, 0.1) is 0 Å². The van der Waals surface area contributed by atoms with Crippen LogP contribution in [0.5, 0.6) is 0 Å². The van der Waals surface area contributed by atoms with E-state index in [1.54, 1.807) is 0 Å². The minimum atomic E-state index is -4.23. The van der Waals surface area contributed by atoms with Crippen LogP contribution < -0.4 is 51.4 Å². The molecule has 1 N–H and O–H groups in total. The molecule has 0 heterocycles. The first-order valence-corrected chi connectivity index (χ1v) is 14.0. The van der Waals surface area contributed by atoms with Crippen LogP contribution in [0.25, 0.3) is 0 Å². The molecule has 4 nitrogen and oxygen atoms in total. The second-order valence-corrected chi connectivity index (χ2v) is 10.5. The summed E-state index contributed by atoms with van der Waals surface area (Å²) in [5, 5.41) is 9.29. The summed E-state index contributed by atoms with van der Waals surface area (Å²) >= 11 is 0. The van der Waals surface area contributed by atoms with Crippen molar-refractivity contribution in [1.82, 2.24) is 0 Å². The Kier molecular flexibility index (Phi) is 26.6. The van der Waals surface area contributed by atoms with Gasteiger partial charge >= 0.3 is 51.4 Å². The van der Waals surface area contributed by atoms with Crippen molar-refractivity contribution in [3.63, 3.8) is 0 Å². The van der Waals surface area contributed by atoms with Gasteiger partial charge in [0, 0.05) is 5.25 Å². The van der Waals surface area contributed by atoms with E-state index in [2.05, 4.69) is 13.8 Å². The van der Waals surface area contributed by atoms with E-state index in [0.29, 0.717) is 25.7 Å². The van der Waals surface area contributed by atoms with Gasteiger partial charge in [-0.2, -0.15) is 0 Å². The molecule has 30 heavy (non-hydrogen) atoms. The number of hydrogen-bond acceptors (Lipinski definition) is 4. The normalized spacial score (nSPS) is 13.7. The summed E-state index contributed by atoms with van der Waals surface area (Å²) in [5.41, 5.74) is 0. The van der Waals surface area contributed by atoms with Crippen LogP contribution in [0.2, 0.25) is 0 Å². The van der Waals surface area contributed by atoms with Crippen LogP contribution in [0.3, 0.4) is 0 Å². The standard InChI is InChI=1S/C24H50O4S.K/c1-3-5-7-9-10-11-12-13-15-17-21-24(29(26,27)28)22-18-20-23(25)19-16-14-8-6-4-2;/h23-25H,3-22H2,1-2H3,(H,26,27,28);/q;+1/p-1. The molecule has 0 aliphatic heterocycles. The molecule has 0 fully saturated rings. The van der Waals surface area contributed by atoms with Crippen LogP contribution >= 0.6 is 0 Å². The van der Waals surface area contributed by atoms with Crippen molar-refractivity contribution in [2.75, 3.05) is 0 Å². The molecule has 0 saturated carbocycles. The Bertz CT molecular complexity index is 442. The van der Waals surface area contributed by atoms with Gasteiger partial charge in [0.1, 0.15) is 0 Å². The van der Waals surface area contributed by atoms with E-state index in [9.17, 15) is 18.1 Å². The SMILES string of the molecule is CCCCCCCCCCCCC(CCCC(O)CCCCCCC)S(=O)(=O)[O-].[K+]. The Morgan fingerprint density at radius 2 is 0.933 bits per heavy atom. The van der Waals surface area contributed by atoms with E-state index in [1.807, 2.05) is 0 Å². The fourth-order valence-electron chi connectivity index (χ4n) is 4.00. The molecule has 0 aliphatic carbocycles. The molecular weight excluding hydrogens is 423 g/mol. The zero-order chi connectivity index (χ0) is 21.8. The minimum Gasteiger partial charge on any atom is -0.748 e. The van der Waals surface area contributed by atoms with E-state index < -0.39 is 15.4 Å². The van der Waals surface area contributed by atoms with Crippen molar-refractivity contribution < 1.29 is 69.5 Å². The molecule has 0 amide bonds. The number of aliphatic hydroxyl groups is 1. The van der Waals surface area contributed by atoms with Gasteiger partial charge in [0.15, 0.2) is 0 Å². The molecule has 0 aliphatic rings. The topological polar surface area (TPSA) is 77.4 Å². The largest absolute Gasteiger partial charge is 1.00 e. The Morgan fingerprint density at radius 1 is 0.600 bits per heavy atom. The van der Waals surface area contributed by atoms with Crippen molar-refractivity contribution in [2.24, 2.45) is 0 Å². The van der Waals surface area contributed by atoms with E-state index in [4.69, 9.17) is 0 Å². The van der Waals surface area contributed by atoms with Crippen molar-refractivity contribution >= 4 is 10.1 Å². The summed E-state index contributed by atoms with van der Waals surface area (Å²) in [6.45, 7) is 4.41. The fourth-order valence-corrected chi connectivity index (χ4v) is 4.91. The third-order valence-electron chi connectivity index (χ3n) is 5.99. The maximum absolute atomic E-state index is 11.6. The second-order valence-electron chi connectivity index (χ2n) is 8.87. The Labute approximate surface area is 230 Å². The van der Waals surface area contributed by atoms with E-state index in [1.165, 1.54) is 64.2 Å². The smallest absolute Gasteiger partial charge is 0.748 e. The van der Waals surface area contributed by atoms with Crippen molar-refractivity contribution in [3.05, 3.63) is 0 Å². The van der Waals surface area contributed by atoms with Crippen LogP contribution in [0.15, 0.2) is 0 Å². The third-order valence-corrected chi connectivity index (χ3v) is 7.28. The van der Waals surface area contributed by atoms with Gasteiger partial charge in [-0.3, -0.25) is 0 Å². The molecule has 0 aromatic rings. The summed E-state index contributed by atoms with van der Waals surface area (Å²) < 4.78 is 34.7. The summed E-state index contributed by atoms with van der Waals surface area (Å²) in [5.74, 6) is 0. The van der Waals surface area contributed by atoms with Crippen molar-refractivity contribution in [3.8, 4) is 0 Å². The van der Waals surface area contributed by atoms with Crippen molar-refractivity contribution in [1.29, 1.82) is 0 Å². The van der Waals surface area contributed by atoms with E-state index in [-0.39, 0.29) is 57.5 Å². The Hall–Kier alpha value is 1.51. The van der Waals surface area contributed by atoms with Gasteiger partial charge in [0.25, 0.3) is 0 Å². The predicted octanol–water partition coefficient (Wildman–Crippen LogP) is 4.11. The third kappa shape index (κ3) is 22.7. The monoisotopic (exact) mass is 472 g/mol. The maximum Gasteiger partial charge on any atom is 1.00 e. The fraction of sp³-hybridized carbons (Fsp3) is 1.00. The first-order valence-electron chi connectivity index (χ1n) is 12.5. The molecule has 2 unspecified atom stereocenters. The van der Waals surface area contributed by atoms with E-state index in [0.717, 1.165) is 38.5 Å². The van der Waals surface area contributed by atoms with E-state index >= 15 is 0 Å². The number of aliphatic hydroxyl groups excluding tert-OH is 1. The van der Waals surface area contributed by atoms with Crippen LogP contribution in [0.1, 0.15) is 142 Å². The molecule has 0 aromatic carbocycles. The first-order chi connectivity index (χ1) is 13.9. The molecule has 0 saturated heterocycles.